The molecule has 0 aliphatic heterocycles. The van der Waals surface area contributed by atoms with Gasteiger partial charge in [-0.1, -0.05) is 15.9 Å². The van der Waals surface area contributed by atoms with Gasteiger partial charge in [0, 0.05) is 10.0 Å². The average molecular weight is 369 g/mol. The Kier molecular flexibility index (Phi) is 4.84. The highest BCUT2D eigenvalue weighted by Crippen LogP contribution is 2.19. The maximum absolute atomic E-state index is 11.6. The van der Waals surface area contributed by atoms with E-state index in [1.807, 2.05) is 0 Å². The fourth-order valence-electron chi connectivity index (χ4n) is 1.57. The lowest BCUT2D eigenvalue weighted by Gasteiger charge is -1.99. The first-order chi connectivity index (χ1) is 10.5. The molecule has 0 saturated heterocycles. The number of phenolic OH excluding ortho intramolecular Hbond substituents is 1. The van der Waals surface area contributed by atoms with Gasteiger partial charge in [-0.15, -0.1) is 4.68 Å². The minimum Gasteiger partial charge on any atom is -0.507 e. The zero-order valence-electron chi connectivity index (χ0n) is 11.1. The molecule has 1 heterocycles. The summed E-state index contributed by atoms with van der Waals surface area (Å²) < 4.78 is 2.01. The van der Waals surface area contributed by atoms with E-state index < -0.39 is 10.8 Å². The average Bonchev–Trinajstić information content (AvgIpc) is 2.91. The van der Waals surface area contributed by atoms with E-state index >= 15 is 0 Å². The van der Waals surface area contributed by atoms with Gasteiger partial charge in [0.2, 0.25) is 0 Å². The lowest BCUT2D eigenvalue weighted by Crippen LogP contribution is -2.42. The molecule has 0 aliphatic rings. The minimum absolute atomic E-state index is 0.0237. The molecule has 0 radical (unpaired) electrons. The van der Waals surface area contributed by atoms with Gasteiger partial charge in [0.25, 0.3) is 12.7 Å². The Morgan fingerprint density at radius 3 is 3.05 bits per heavy atom. The number of halogens is 1. The Morgan fingerprint density at radius 2 is 2.36 bits per heavy atom. The maximum Gasteiger partial charge on any atom is 0.355 e. The lowest BCUT2D eigenvalue weighted by atomic mass is 10.2. The summed E-state index contributed by atoms with van der Waals surface area (Å²) in [7, 11) is 0. The van der Waals surface area contributed by atoms with Crippen molar-refractivity contribution in [2.75, 3.05) is 0 Å². The van der Waals surface area contributed by atoms with Gasteiger partial charge in [-0.25, -0.2) is 5.43 Å². The van der Waals surface area contributed by atoms with Gasteiger partial charge in [0.1, 0.15) is 11.9 Å². The number of hydrogen-bond acceptors (Lipinski definition) is 5. The first-order valence-electron chi connectivity index (χ1n) is 5.98. The molecule has 0 fully saturated rings. The van der Waals surface area contributed by atoms with Crippen molar-refractivity contribution in [1.29, 1.82) is 0 Å². The Balaban J connectivity index is 1.93. The summed E-state index contributed by atoms with van der Waals surface area (Å²) in [5.41, 5.74) is 2.54. The van der Waals surface area contributed by atoms with Crippen LogP contribution in [0.4, 0.5) is 5.69 Å². The third-order valence-electron chi connectivity index (χ3n) is 2.57. The van der Waals surface area contributed by atoms with Crippen molar-refractivity contribution in [3.05, 3.63) is 50.7 Å². The summed E-state index contributed by atoms with van der Waals surface area (Å²) >= 11 is 3.25. The number of carbonyl (C=O) groups is 1. The third kappa shape index (κ3) is 4.12. The summed E-state index contributed by atoms with van der Waals surface area (Å²) in [6.07, 6.45) is 3.67. The molecule has 1 amide bonds. The van der Waals surface area contributed by atoms with E-state index in [1.54, 1.807) is 12.1 Å². The maximum atomic E-state index is 11.6. The molecular formula is C12H11BrN5O4+. The number of hydrogen-bond donors (Lipinski definition) is 3. The zero-order valence-corrected chi connectivity index (χ0v) is 12.6. The van der Waals surface area contributed by atoms with Crippen molar-refractivity contribution in [3.8, 4) is 5.75 Å². The molecular weight excluding hydrogens is 358 g/mol. The highest BCUT2D eigenvalue weighted by molar-refractivity contribution is 9.10. The quantitative estimate of drug-likeness (QED) is 0.312. The molecule has 0 bridgehead atoms. The predicted molar refractivity (Wildman–Crippen MR) is 79.2 cm³/mol. The number of carbonyl (C=O) groups excluding carboxylic acids is 1. The second kappa shape index (κ2) is 6.80. The third-order valence-corrected chi connectivity index (χ3v) is 3.07. The fourth-order valence-corrected chi connectivity index (χ4v) is 1.95. The molecule has 114 valence electrons. The van der Waals surface area contributed by atoms with Crippen molar-refractivity contribution in [2.24, 2.45) is 5.10 Å². The zero-order chi connectivity index (χ0) is 16.1. The van der Waals surface area contributed by atoms with Gasteiger partial charge in [0.15, 0.2) is 0 Å². The number of aromatic nitrogens is 2. The van der Waals surface area contributed by atoms with Crippen LogP contribution in [0.2, 0.25) is 0 Å². The van der Waals surface area contributed by atoms with Crippen LogP contribution in [0.3, 0.4) is 0 Å². The predicted octanol–water partition coefficient (Wildman–Crippen LogP) is 0.829. The normalized spacial score (nSPS) is 10.8. The van der Waals surface area contributed by atoms with Gasteiger partial charge in [-0.3, -0.25) is 14.9 Å². The topological polar surface area (TPSA) is 124 Å². The van der Waals surface area contributed by atoms with Crippen molar-refractivity contribution in [1.82, 2.24) is 10.5 Å². The first kappa shape index (κ1) is 15.6. The largest absolute Gasteiger partial charge is 0.507 e. The second-order valence-corrected chi connectivity index (χ2v) is 5.12. The minimum atomic E-state index is -0.570. The van der Waals surface area contributed by atoms with E-state index in [9.17, 15) is 20.0 Å². The smallest absolute Gasteiger partial charge is 0.355 e. The summed E-state index contributed by atoms with van der Waals surface area (Å²) in [6.45, 7) is -0.157. The number of benzene rings is 1. The number of phenols is 1. The number of hydrazone groups is 1. The molecule has 9 nitrogen and oxygen atoms in total. The molecule has 2 aromatic rings. The molecule has 0 aliphatic carbocycles. The summed E-state index contributed by atoms with van der Waals surface area (Å²) in [5, 5.41) is 26.4. The van der Waals surface area contributed by atoms with Crippen molar-refractivity contribution >= 4 is 33.7 Å². The van der Waals surface area contributed by atoms with E-state index in [0.29, 0.717) is 5.56 Å². The molecule has 1 aromatic heterocycles. The Hall–Kier alpha value is -2.75. The van der Waals surface area contributed by atoms with Crippen LogP contribution in [0, 0.1) is 10.1 Å². The molecule has 0 saturated carbocycles. The molecule has 3 N–H and O–H groups in total. The number of aromatic amines is 1. The summed E-state index contributed by atoms with van der Waals surface area (Å²) in [5.74, 6) is -0.456. The number of nitrogens with zero attached hydrogens (tertiary/aromatic N) is 3. The van der Waals surface area contributed by atoms with Crippen molar-refractivity contribution in [2.45, 2.75) is 6.54 Å². The number of aromatic hydroxyl groups is 1. The number of nitrogens with one attached hydrogen (secondary N) is 2. The van der Waals surface area contributed by atoms with Crippen LogP contribution in [0.15, 0.2) is 40.2 Å². The van der Waals surface area contributed by atoms with Crippen LogP contribution in [0.1, 0.15) is 5.56 Å². The standard InChI is InChI=1S/C12H10BrN5O4/c13-9-1-2-11(19)8(3-9)4-14-16-12(20)7-17-6-10(5-15-17)18(21)22/h1-6H,7H2,(H2,14,16,19,20)/p+1. The SMILES string of the molecule is O=C(C[n+]1cc([N+](=O)[O-])c[nH]1)NN=Cc1cc(Br)ccc1O. The van der Waals surface area contributed by atoms with Crippen LogP contribution in [0.5, 0.6) is 5.75 Å². The fraction of sp³-hybridized carbons (Fsp3) is 0.0833. The van der Waals surface area contributed by atoms with E-state index in [2.05, 4.69) is 31.6 Å². The lowest BCUT2D eigenvalue weighted by molar-refractivity contribution is -0.739. The number of H-pyrrole nitrogens is 1. The van der Waals surface area contributed by atoms with Crippen LogP contribution in [-0.4, -0.2) is 27.3 Å². The number of amides is 1. The number of rotatable bonds is 5. The van der Waals surface area contributed by atoms with E-state index in [0.717, 1.165) is 4.47 Å². The number of nitro groups is 1. The van der Waals surface area contributed by atoms with Gasteiger partial charge in [-0.2, -0.15) is 10.2 Å². The van der Waals surface area contributed by atoms with E-state index in [1.165, 1.54) is 29.4 Å². The monoisotopic (exact) mass is 368 g/mol. The van der Waals surface area contributed by atoms with E-state index in [-0.39, 0.29) is 18.0 Å². The molecule has 0 spiro atoms. The van der Waals surface area contributed by atoms with Crippen LogP contribution >= 0.6 is 15.9 Å². The van der Waals surface area contributed by atoms with Gasteiger partial charge in [-0.05, 0) is 18.2 Å². The molecule has 0 atom stereocenters. The molecule has 1 aromatic carbocycles. The Labute approximate surface area is 132 Å². The first-order valence-corrected chi connectivity index (χ1v) is 6.77. The Morgan fingerprint density at radius 1 is 1.59 bits per heavy atom. The highest BCUT2D eigenvalue weighted by Gasteiger charge is 2.17. The van der Waals surface area contributed by atoms with Gasteiger partial charge >= 0.3 is 11.6 Å². The Bertz CT molecular complexity index is 743. The second-order valence-electron chi connectivity index (χ2n) is 4.21. The van der Waals surface area contributed by atoms with E-state index in [4.69, 9.17) is 0 Å². The summed E-state index contributed by atoms with van der Waals surface area (Å²) in [6, 6.07) is 4.79. The molecule has 10 heteroatoms. The summed E-state index contributed by atoms with van der Waals surface area (Å²) in [4.78, 5) is 21.6. The molecule has 22 heavy (non-hydrogen) atoms. The van der Waals surface area contributed by atoms with Crippen molar-refractivity contribution in [3.63, 3.8) is 0 Å². The van der Waals surface area contributed by atoms with Gasteiger partial charge < -0.3 is 5.11 Å². The van der Waals surface area contributed by atoms with Crippen LogP contribution in [0.25, 0.3) is 0 Å². The molecule has 2 rings (SSSR count). The van der Waals surface area contributed by atoms with Crippen molar-refractivity contribution < 1.29 is 19.5 Å². The van der Waals surface area contributed by atoms with Crippen LogP contribution < -0.4 is 10.1 Å². The van der Waals surface area contributed by atoms with Gasteiger partial charge in [0.05, 0.1) is 11.1 Å². The van der Waals surface area contributed by atoms with Crippen LogP contribution in [-0.2, 0) is 11.3 Å². The molecule has 0 unspecified atom stereocenters. The highest BCUT2D eigenvalue weighted by atomic mass is 79.9.